The van der Waals surface area contributed by atoms with Crippen molar-refractivity contribution in [3.8, 4) is 0 Å². The van der Waals surface area contributed by atoms with Crippen molar-refractivity contribution in [2.24, 2.45) is 10.9 Å². The van der Waals surface area contributed by atoms with E-state index in [1.807, 2.05) is 31.3 Å². The fourth-order valence-corrected chi connectivity index (χ4v) is 3.32. The molecule has 29 heavy (non-hydrogen) atoms. The highest BCUT2D eigenvalue weighted by Gasteiger charge is 2.24. The number of likely N-dealkylation sites (tertiary alicyclic amines) is 1. The number of ether oxygens (including phenoxy) is 2. The summed E-state index contributed by atoms with van der Waals surface area (Å²) >= 11 is 0. The van der Waals surface area contributed by atoms with Crippen molar-refractivity contribution in [1.82, 2.24) is 15.5 Å². The van der Waals surface area contributed by atoms with E-state index < -0.39 is 0 Å². The third-order valence-electron chi connectivity index (χ3n) is 5.07. The molecule has 2 rings (SSSR count). The Bertz CT molecular complexity index is 633. The number of amides is 1. The molecule has 1 aliphatic heterocycles. The molecule has 1 aromatic carbocycles. The standard InChI is InChI=1S/C22H36N4O3/c1-4-5-11-24-21(27)20-8-6-18(7-9-20)15-25-22(23-2)26-12-10-19(16-26)17-29-14-13-28-3/h6-9,19H,4-5,10-17H2,1-3H3,(H,23,25)(H,24,27). The van der Waals surface area contributed by atoms with Gasteiger partial charge in [-0.3, -0.25) is 9.79 Å². The summed E-state index contributed by atoms with van der Waals surface area (Å²) in [5, 5.41) is 6.37. The maximum absolute atomic E-state index is 12.1. The van der Waals surface area contributed by atoms with E-state index in [0.29, 0.717) is 31.2 Å². The number of aliphatic imine (C=N–C) groups is 1. The molecule has 0 saturated carbocycles. The van der Waals surface area contributed by atoms with Crippen molar-refractivity contribution in [1.29, 1.82) is 0 Å². The lowest BCUT2D eigenvalue weighted by molar-refractivity contribution is 0.0536. The van der Waals surface area contributed by atoms with Crippen LogP contribution in [0, 0.1) is 5.92 Å². The summed E-state index contributed by atoms with van der Waals surface area (Å²) in [6, 6.07) is 7.74. The van der Waals surface area contributed by atoms with Gasteiger partial charge in [-0.05, 0) is 30.5 Å². The maximum Gasteiger partial charge on any atom is 0.251 e. The summed E-state index contributed by atoms with van der Waals surface area (Å²) < 4.78 is 10.7. The van der Waals surface area contributed by atoms with Crippen LogP contribution in [-0.2, 0) is 16.0 Å². The molecule has 7 nitrogen and oxygen atoms in total. The van der Waals surface area contributed by atoms with Gasteiger partial charge >= 0.3 is 0 Å². The third kappa shape index (κ3) is 8.03. The zero-order valence-corrected chi connectivity index (χ0v) is 18.1. The molecule has 2 N–H and O–H groups in total. The van der Waals surface area contributed by atoms with E-state index in [-0.39, 0.29) is 5.91 Å². The number of hydrogen-bond donors (Lipinski definition) is 2. The maximum atomic E-state index is 12.1. The van der Waals surface area contributed by atoms with Crippen LogP contribution < -0.4 is 10.6 Å². The summed E-state index contributed by atoms with van der Waals surface area (Å²) in [7, 11) is 3.50. The molecule has 7 heteroatoms. The Morgan fingerprint density at radius 2 is 2.03 bits per heavy atom. The number of nitrogens with one attached hydrogen (secondary N) is 2. The van der Waals surface area contributed by atoms with E-state index in [9.17, 15) is 4.79 Å². The van der Waals surface area contributed by atoms with Crippen LogP contribution in [-0.4, -0.2) is 70.4 Å². The van der Waals surface area contributed by atoms with Crippen molar-refractivity contribution in [3.63, 3.8) is 0 Å². The predicted octanol–water partition coefficient (Wildman–Crippen LogP) is 2.28. The molecule has 0 radical (unpaired) electrons. The Kier molecular flexibility index (Phi) is 10.5. The second-order valence-electron chi connectivity index (χ2n) is 7.38. The van der Waals surface area contributed by atoms with Gasteiger partial charge in [0.2, 0.25) is 0 Å². The van der Waals surface area contributed by atoms with Gasteiger partial charge in [-0.15, -0.1) is 0 Å². The van der Waals surface area contributed by atoms with Crippen LogP contribution in [0.2, 0.25) is 0 Å². The van der Waals surface area contributed by atoms with Crippen LogP contribution in [0.25, 0.3) is 0 Å². The van der Waals surface area contributed by atoms with E-state index >= 15 is 0 Å². The SMILES string of the molecule is CCCCNC(=O)c1ccc(CNC(=NC)N2CCC(COCCOC)C2)cc1. The highest BCUT2D eigenvalue weighted by molar-refractivity contribution is 5.94. The highest BCUT2D eigenvalue weighted by Crippen LogP contribution is 2.17. The number of unbranched alkanes of at least 4 members (excludes halogenated alkanes) is 1. The van der Waals surface area contributed by atoms with Crippen LogP contribution >= 0.6 is 0 Å². The number of hydrogen-bond acceptors (Lipinski definition) is 4. The molecule has 1 aliphatic rings. The van der Waals surface area contributed by atoms with E-state index in [0.717, 1.165) is 57.0 Å². The van der Waals surface area contributed by atoms with Gasteiger partial charge in [-0.2, -0.15) is 0 Å². The zero-order chi connectivity index (χ0) is 20.9. The van der Waals surface area contributed by atoms with Gasteiger partial charge in [0.25, 0.3) is 5.91 Å². The largest absolute Gasteiger partial charge is 0.382 e. The van der Waals surface area contributed by atoms with Crippen molar-refractivity contribution in [3.05, 3.63) is 35.4 Å². The first-order chi connectivity index (χ1) is 14.2. The minimum absolute atomic E-state index is 0.00963. The summed E-state index contributed by atoms with van der Waals surface area (Å²) in [4.78, 5) is 18.8. The molecular formula is C22H36N4O3. The molecule has 1 saturated heterocycles. The summed E-state index contributed by atoms with van der Waals surface area (Å²) in [5.41, 5.74) is 1.82. The van der Waals surface area contributed by atoms with Crippen LogP contribution in [0.4, 0.5) is 0 Å². The van der Waals surface area contributed by atoms with Gasteiger partial charge in [0.1, 0.15) is 0 Å². The van der Waals surface area contributed by atoms with E-state index in [4.69, 9.17) is 9.47 Å². The average Bonchev–Trinajstić information content (AvgIpc) is 3.21. The number of carbonyl (C=O) groups is 1. The molecule has 1 fully saturated rings. The monoisotopic (exact) mass is 404 g/mol. The lowest BCUT2D eigenvalue weighted by Gasteiger charge is -2.22. The molecule has 0 aliphatic carbocycles. The van der Waals surface area contributed by atoms with Crippen LogP contribution in [0.1, 0.15) is 42.1 Å². The predicted molar refractivity (Wildman–Crippen MR) is 116 cm³/mol. The van der Waals surface area contributed by atoms with E-state index in [2.05, 4.69) is 27.4 Å². The molecule has 162 valence electrons. The number of guanidine groups is 1. The minimum Gasteiger partial charge on any atom is -0.382 e. The Hall–Kier alpha value is -2.12. The Labute approximate surface area is 174 Å². The fraction of sp³-hybridized carbons (Fsp3) is 0.636. The lowest BCUT2D eigenvalue weighted by atomic mass is 10.1. The Morgan fingerprint density at radius 3 is 2.72 bits per heavy atom. The van der Waals surface area contributed by atoms with Gasteiger partial charge < -0.3 is 25.0 Å². The molecule has 1 heterocycles. The first-order valence-corrected chi connectivity index (χ1v) is 10.6. The van der Waals surface area contributed by atoms with Gasteiger partial charge in [0, 0.05) is 51.8 Å². The molecule has 0 bridgehead atoms. The molecule has 1 atom stereocenters. The average molecular weight is 405 g/mol. The number of methoxy groups -OCH3 is 1. The third-order valence-corrected chi connectivity index (χ3v) is 5.07. The van der Waals surface area contributed by atoms with Crippen molar-refractivity contribution in [2.75, 3.05) is 53.6 Å². The lowest BCUT2D eigenvalue weighted by Crippen LogP contribution is -2.39. The molecule has 1 aromatic rings. The Balaban J connectivity index is 1.75. The van der Waals surface area contributed by atoms with Gasteiger partial charge in [0.05, 0.1) is 19.8 Å². The topological polar surface area (TPSA) is 75.2 Å². The zero-order valence-electron chi connectivity index (χ0n) is 18.1. The first-order valence-electron chi connectivity index (χ1n) is 10.6. The van der Waals surface area contributed by atoms with Crippen molar-refractivity contribution >= 4 is 11.9 Å². The number of benzene rings is 1. The molecule has 1 amide bonds. The summed E-state index contributed by atoms with van der Waals surface area (Å²) in [6.45, 7) is 7.49. The first kappa shape index (κ1) is 23.2. The van der Waals surface area contributed by atoms with Crippen LogP contribution in [0.3, 0.4) is 0 Å². The number of carbonyl (C=O) groups excluding carboxylic acids is 1. The van der Waals surface area contributed by atoms with E-state index in [1.54, 1.807) is 7.11 Å². The Morgan fingerprint density at radius 1 is 1.24 bits per heavy atom. The molecular weight excluding hydrogens is 368 g/mol. The molecule has 0 aromatic heterocycles. The normalized spacial score (nSPS) is 16.9. The van der Waals surface area contributed by atoms with Gasteiger partial charge in [0.15, 0.2) is 5.96 Å². The van der Waals surface area contributed by atoms with Crippen LogP contribution in [0.15, 0.2) is 29.3 Å². The minimum atomic E-state index is -0.00963. The van der Waals surface area contributed by atoms with Gasteiger partial charge in [-0.1, -0.05) is 25.5 Å². The summed E-state index contributed by atoms with van der Waals surface area (Å²) in [6.07, 6.45) is 3.18. The highest BCUT2D eigenvalue weighted by atomic mass is 16.5. The van der Waals surface area contributed by atoms with Crippen LogP contribution in [0.5, 0.6) is 0 Å². The van der Waals surface area contributed by atoms with E-state index in [1.165, 1.54) is 0 Å². The molecule has 0 spiro atoms. The van der Waals surface area contributed by atoms with Gasteiger partial charge in [-0.25, -0.2) is 0 Å². The van der Waals surface area contributed by atoms with Crippen molar-refractivity contribution < 1.29 is 14.3 Å². The number of rotatable bonds is 11. The second-order valence-corrected chi connectivity index (χ2v) is 7.38. The second kappa shape index (κ2) is 13.2. The van der Waals surface area contributed by atoms with Crippen molar-refractivity contribution in [2.45, 2.75) is 32.7 Å². The fourth-order valence-electron chi connectivity index (χ4n) is 3.32. The quantitative estimate of drug-likeness (QED) is 0.336. The summed E-state index contributed by atoms with van der Waals surface area (Å²) in [5.74, 6) is 1.42. The smallest absolute Gasteiger partial charge is 0.251 e. The number of nitrogens with zero attached hydrogens (tertiary/aromatic N) is 2. The molecule has 1 unspecified atom stereocenters.